The molecule has 0 amide bonds. The molecule has 0 aliphatic heterocycles. The van der Waals surface area contributed by atoms with E-state index in [1.54, 1.807) is 14.2 Å². The molecule has 0 unspecified atom stereocenters. The summed E-state index contributed by atoms with van der Waals surface area (Å²) in [6, 6.07) is 5.83. The van der Waals surface area contributed by atoms with Gasteiger partial charge in [0, 0.05) is 40.5 Å². The first-order valence-electron chi connectivity index (χ1n) is 6.44. The van der Waals surface area contributed by atoms with E-state index in [0.29, 0.717) is 13.2 Å². The standard InChI is InChI=1S/C14H23ClN2O2/c1-18-9-4-7-17(8-10-19-2)14-12(11-16)5-3-6-13(14)15/h3,5-6H,4,7-11,16H2,1-2H3. The lowest BCUT2D eigenvalue weighted by Crippen LogP contribution is -2.30. The number of hydrogen-bond donors (Lipinski definition) is 1. The van der Waals surface area contributed by atoms with Gasteiger partial charge in [-0.3, -0.25) is 0 Å². The summed E-state index contributed by atoms with van der Waals surface area (Å²) in [7, 11) is 3.41. The summed E-state index contributed by atoms with van der Waals surface area (Å²) in [5.41, 5.74) is 7.87. The molecular weight excluding hydrogens is 264 g/mol. The second-order valence-corrected chi connectivity index (χ2v) is 4.69. The van der Waals surface area contributed by atoms with Crippen LogP contribution in [-0.4, -0.2) is 40.5 Å². The highest BCUT2D eigenvalue weighted by atomic mass is 35.5. The number of nitrogens with zero attached hydrogens (tertiary/aromatic N) is 1. The molecule has 0 saturated heterocycles. The Morgan fingerprint density at radius 1 is 1.16 bits per heavy atom. The zero-order valence-electron chi connectivity index (χ0n) is 11.7. The Kier molecular flexibility index (Phi) is 7.82. The van der Waals surface area contributed by atoms with Crippen LogP contribution in [0.3, 0.4) is 0 Å². The average molecular weight is 287 g/mol. The molecule has 1 aromatic rings. The van der Waals surface area contributed by atoms with Gasteiger partial charge in [-0.25, -0.2) is 0 Å². The van der Waals surface area contributed by atoms with Crippen LogP contribution in [0.15, 0.2) is 18.2 Å². The molecule has 108 valence electrons. The summed E-state index contributed by atoms with van der Waals surface area (Å²) in [5.74, 6) is 0. The van der Waals surface area contributed by atoms with E-state index in [0.717, 1.165) is 42.4 Å². The van der Waals surface area contributed by atoms with Crippen molar-refractivity contribution in [1.82, 2.24) is 0 Å². The molecule has 0 atom stereocenters. The van der Waals surface area contributed by atoms with Crippen molar-refractivity contribution in [2.75, 3.05) is 45.4 Å². The van der Waals surface area contributed by atoms with Crippen LogP contribution in [0.2, 0.25) is 5.02 Å². The van der Waals surface area contributed by atoms with E-state index in [1.165, 1.54) is 0 Å². The lowest BCUT2D eigenvalue weighted by Gasteiger charge is -2.27. The fourth-order valence-electron chi connectivity index (χ4n) is 2.02. The largest absolute Gasteiger partial charge is 0.385 e. The monoisotopic (exact) mass is 286 g/mol. The summed E-state index contributed by atoms with van der Waals surface area (Å²) < 4.78 is 10.3. The van der Waals surface area contributed by atoms with Crippen LogP contribution >= 0.6 is 11.6 Å². The quantitative estimate of drug-likeness (QED) is 0.708. The maximum Gasteiger partial charge on any atom is 0.0642 e. The molecule has 0 spiro atoms. The SMILES string of the molecule is COCCCN(CCOC)c1c(Cl)cccc1CN. The Morgan fingerprint density at radius 3 is 2.53 bits per heavy atom. The van der Waals surface area contributed by atoms with E-state index in [-0.39, 0.29) is 0 Å². The van der Waals surface area contributed by atoms with Crippen molar-refractivity contribution < 1.29 is 9.47 Å². The number of ether oxygens (including phenoxy) is 2. The number of para-hydroxylation sites is 1. The molecule has 2 N–H and O–H groups in total. The van der Waals surface area contributed by atoms with E-state index in [1.807, 2.05) is 18.2 Å². The van der Waals surface area contributed by atoms with Gasteiger partial charge in [0.1, 0.15) is 0 Å². The van der Waals surface area contributed by atoms with Crippen LogP contribution in [0, 0.1) is 0 Å². The van der Waals surface area contributed by atoms with Gasteiger partial charge in [0.15, 0.2) is 0 Å². The van der Waals surface area contributed by atoms with Crippen LogP contribution in [0.4, 0.5) is 5.69 Å². The molecular formula is C14H23ClN2O2. The second-order valence-electron chi connectivity index (χ2n) is 4.28. The molecule has 0 saturated carbocycles. The van der Waals surface area contributed by atoms with Crippen molar-refractivity contribution >= 4 is 17.3 Å². The molecule has 0 aromatic heterocycles. The fourth-order valence-corrected chi connectivity index (χ4v) is 2.33. The van der Waals surface area contributed by atoms with E-state index < -0.39 is 0 Å². The van der Waals surface area contributed by atoms with Crippen molar-refractivity contribution in [3.05, 3.63) is 28.8 Å². The van der Waals surface area contributed by atoms with Crippen LogP contribution in [0.1, 0.15) is 12.0 Å². The molecule has 0 heterocycles. The minimum absolute atomic E-state index is 0.476. The molecule has 0 aliphatic rings. The molecule has 19 heavy (non-hydrogen) atoms. The lowest BCUT2D eigenvalue weighted by atomic mass is 10.1. The Balaban J connectivity index is 2.88. The topological polar surface area (TPSA) is 47.7 Å². The third-order valence-corrected chi connectivity index (χ3v) is 3.25. The van der Waals surface area contributed by atoms with Crippen molar-refractivity contribution in [3.63, 3.8) is 0 Å². The van der Waals surface area contributed by atoms with Crippen LogP contribution in [0.25, 0.3) is 0 Å². The van der Waals surface area contributed by atoms with Crippen molar-refractivity contribution in [2.45, 2.75) is 13.0 Å². The third kappa shape index (κ3) is 4.99. The van der Waals surface area contributed by atoms with Gasteiger partial charge in [0.05, 0.1) is 17.3 Å². The predicted molar refractivity (Wildman–Crippen MR) is 79.9 cm³/mol. The van der Waals surface area contributed by atoms with Gasteiger partial charge < -0.3 is 20.1 Å². The Morgan fingerprint density at radius 2 is 1.89 bits per heavy atom. The van der Waals surface area contributed by atoms with Crippen molar-refractivity contribution in [2.24, 2.45) is 5.73 Å². The van der Waals surface area contributed by atoms with Gasteiger partial charge in [-0.1, -0.05) is 23.7 Å². The highest BCUT2D eigenvalue weighted by Crippen LogP contribution is 2.29. The fraction of sp³-hybridized carbons (Fsp3) is 0.571. The number of nitrogens with two attached hydrogens (primary N) is 1. The van der Waals surface area contributed by atoms with Crippen LogP contribution < -0.4 is 10.6 Å². The molecule has 1 rings (SSSR count). The first kappa shape index (κ1) is 16.2. The first-order chi connectivity index (χ1) is 9.24. The number of benzene rings is 1. The van der Waals surface area contributed by atoms with E-state index in [4.69, 9.17) is 26.8 Å². The number of hydrogen-bond acceptors (Lipinski definition) is 4. The summed E-state index contributed by atoms with van der Waals surface area (Å²) in [6.07, 6.45) is 0.940. The molecule has 1 aromatic carbocycles. The summed E-state index contributed by atoms with van der Waals surface area (Å²) in [4.78, 5) is 2.22. The van der Waals surface area contributed by atoms with E-state index in [9.17, 15) is 0 Å². The molecule has 5 heteroatoms. The number of anilines is 1. The molecule has 0 bridgehead atoms. The molecule has 4 nitrogen and oxygen atoms in total. The van der Waals surface area contributed by atoms with Gasteiger partial charge >= 0.3 is 0 Å². The number of halogens is 1. The Bertz CT molecular complexity index is 374. The number of rotatable bonds is 9. The summed E-state index contributed by atoms with van der Waals surface area (Å²) in [6.45, 7) is 3.52. The van der Waals surface area contributed by atoms with E-state index in [2.05, 4.69) is 4.90 Å². The normalized spacial score (nSPS) is 10.7. The maximum absolute atomic E-state index is 6.33. The number of methoxy groups -OCH3 is 2. The predicted octanol–water partition coefficient (Wildman–Crippen LogP) is 2.29. The second kappa shape index (κ2) is 9.15. The maximum atomic E-state index is 6.33. The van der Waals surface area contributed by atoms with Crippen molar-refractivity contribution in [3.8, 4) is 0 Å². The zero-order chi connectivity index (χ0) is 14.1. The first-order valence-corrected chi connectivity index (χ1v) is 6.82. The smallest absolute Gasteiger partial charge is 0.0642 e. The summed E-state index contributed by atoms with van der Waals surface area (Å²) >= 11 is 6.33. The van der Waals surface area contributed by atoms with Gasteiger partial charge in [-0.2, -0.15) is 0 Å². The van der Waals surface area contributed by atoms with Crippen LogP contribution in [-0.2, 0) is 16.0 Å². The Labute approximate surface area is 120 Å². The van der Waals surface area contributed by atoms with Crippen LogP contribution in [0.5, 0.6) is 0 Å². The van der Waals surface area contributed by atoms with Gasteiger partial charge in [-0.05, 0) is 18.1 Å². The zero-order valence-corrected chi connectivity index (χ0v) is 12.4. The van der Waals surface area contributed by atoms with Gasteiger partial charge in [0.25, 0.3) is 0 Å². The molecule has 0 radical (unpaired) electrons. The van der Waals surface area contributed by atoms with Gasteiger partial charge in [0.2, 0.25) is 0 Å². The lowest BCUT2D eigenvalue weighted by molar-refractivity contribution is 0.191. The minimum Gasteiger partial charge on any atom is -0.385 e. The minimum atomic E-state index is 0.476. The van der Waals surface area contributed by atoms with E-state index >= 15 is 0 Å². The van der Waals surface area contributed by atoms with Crippen molar-refractivity contribution in [1.29, 1.82) is 0 Å². The average Bonchev–Trinajstić information content (AvgIpc) is 2.43. The highest BCUT2D eigenvalue weighted by molar-refractivity contribution is 6.33. The molecule has 0 aliphatic carbocycles. The summed E-state index contributed by atoms with van der Waals surface area (Å²) in [5, 5.41) is 0.733. The van der Waals surface area contributed by atoms with Gasteiger partial charge in [-0.15, -0.1) is 0 Å². The Hall–Kier alpha value is -0.810. The molecule has 0 fully saturated rings. The highest BCUT2D eigenvalue weighted by Gasteiger charge is 2.14. The third-order valence-electron chi connectivity index (χ3n) is 2.95.